The van der Waals surface area contributed by atoms with E-state index in [2.05, 4.69) is 220 Å². The van der Waals surface area contributed by atoms with E-state index < -0.39 is 24.3 Å². The lowest BCUT2D eigenvalue weighted by Gasteiger charge is -2.25. The Balaban J connectivity index is 4.10. The number of carbonyl (C=O) groups is 3. The van der Waals surface area contributed by atoms with Crippen LogP contribution >= 0.6 is 0 Å². The molecule has 103 heavy (non-hydrogen) atoms. The molecule has 0 bridgehead atoms. The number of hydrogen-bond acceptors (Lipinski definition) is 7. The van der Waals surface area contributed by atoms with Crippen LogP contribution in [0.15, 0.2) is 207 Å². The third kappa shape index (κ3) is 83.0. The summed E-state index contributed by atoms with van der Waals surface area (Å²) in [5.41, 5.74) is 0. The minimum atomic E-state index is -1.52. The van der Waals surface area contributed by atoms with E-state index in [0.717, 1.165) is 154 Å². The number of likely N-dealkylation sites (N-methyl/N-ethyl adjacent to an activating group) is 1. The summed E-state index contributed by atoms with van der Waals surface area (Å²) in [6.07, 6.45) is 124. The zero-order valence-electron chi connectivity index (χ0n) is 66.4. The Hall–Kier alpha value is -6.13. The largest absolute Gasteiger partial charge is 0.477 e. The molecule has 0 fully saturated rings. The van der Waals surface area contributed by atoms with Gasteiger partial charge in [0.25, 0.3) is 6.29 Å². The van der Waals surface area contributed by atoms with Crippen molar-refractivity contribution in [2.75, 3.05) is 47.5 Å². The highest BCUT2D eigenvalue weighted by molar-refractivity contribution is 5.71. The van der Waals surface area contributed by atoms with Crippen molar-refractivity contribution in [3.8, 4) is 0 Å². The Morgan fingerprint density at radius 2 is 0.524 bits per heavy atom. The van der Waals surface area contributed by atoms with E-state index in [9.17, 15) is 19.5 Å². The van der Waals surface area contributed by atoms with Gasteiger partial charge in [-0.2, -0.15) is 0 Å². The van der Waals surface area contributed by atoms with Gasteiger partial charge in [0.2, 0.25) is 0 Å². The highest BCUT2D eigenvalue weighted by atomic mass is 16.7. The predicted octanol–water partition coefficient (Wildman–Crippen LogP) is 27.0. The summed E-state index contributed by atoms with van der Waals surface area (Å²) in [4.78, 5) is 37.8. The van der Waals surface area contributed by atoms with Gasteiger partial charge in [-0.3, -0.25) is 9.59 Å². The number of quaternary nitrogens is 1. The average molecular weight is 1420 g/mol. The highest BCUT2D eigenvalue weighted by Gasteiger charge is 2.25. The summed E-state index contributed by atoms with van der Waals surface area (Å²) in [5.74, 6) is -2.02. The minimum Gasteiger partial charge on any atom is -0.477 e. The number of carbonyl (C=O) groups excluding carboxylic acids is 2. The van der Waals surface area contributed by atoms with Gasteiger partial charge in [0.1, 0.15) is 13.2 Å². The summed E-state index contributed by atoms with van der Waals surface area (Å²) in [6.45, 7) is 4.64. The number of unbranched alkanes of at least 4 members (excludes halogenated alkanes) is 25. The van der Waals surface area contributed by atoms with Crippen molar-refractivity contribution >= 4 is 17.9 Å². The van der Waals surface area contributed by atoms with Gasteiger partial charge in [-0.1, -0.05) is 355 Å². The molecular formula is C94H152NO8+. The topological polar surface area (TPSA) is 108 Å². The van der Waals surface area contributed by atoms with Crippen LogP contribution in [0.2, 0.25) is 0 Å². The Kier molecular flexibility index (Phi) is 76.7. The first-order chi connectivity index (χ1) is 50.6. The molecule has 0 aromatic rings. The fourth-order valence-electron chi connectivity index (χ4n) is 10.8. The van der Waals surface area contributed by atoms with Crippen molar-refractivity contribution in [1.29, 1.82) is 0 Å². The molecule has 0 radical (unpaired) electrons. The first-order valence-corrected chi connectivity index (χ1v) is 41.2. The molecule has 580 valence electrons. The molecule has 2 unspecified atom stereocenters. The van der Waals surface area contributed by atoms with E-state index in [4.69, 9.17) is 18.9 Å². The van der Waals surface area contributed by atoms with Gasteiger partial charge < -0.3 is 28.5 Å². The highest BCUT2D eigenvalue weighted by Crippen LogP contribution is 2.17. The number of nitrogens with zero attached hydrogens (tertiary/aromatic N) is 1. The van der Waals surface area contributed by atoms with Crippen molar-refractivity contribution in [2.45, 2.75) is 322 Å². The molecule has 0 aliphatic rings. The number of hydrogen-bond donors (Lipinski definition) is 1. The third-order valence-electron chi connectivity index (χ3n) is 17.0. The maximum Gasteiger partial charge on any atom is 0.361 e. The van der Waals surface area contributed by atoms with E-state index in [-0.39, 0.29) is 32.2 Å². The maximum atomic E-state index is 13.0. The Morgan fingerprint density at radius 1 is 0.291 bits per heavy atom. The van der Waals surface area contributed by atoms with Crippen LogP contribution in [0.5, 0.6) is 0 Å². The normalized spacial score (nSPS) is 13.8. The van der Waals surface area contributed by atoms with Crippen molar-refractivity contribution < 1.29 is 42.9 Å². The lowest BCUT2D eigenvalue weighted by molar-refractivity contribution is -0.870. The second kappa shape index (κ2) is 81.5. The summed E-state index contributed by atoms with van der Waals surface area (Å²) in [5, 5.41) is 9.78. The van der Waals surface area contributed by atoms with Gasteiger partial charge >= 0.3 is 17.9 Å². The van der Waals surface area contributed by atoms with Gasteiger partial charge in [-0.05, 0) is 148 Å². The zero-order valence-corrected chi connectivity index (χ0v) is 66.4. The van der Waals surface area contributed by atoms with Gasteiger partial charge in [0, 0.05) is 12.8 Å². The molecule has 0 aromatic carbocycles. The van der Waals surface area contributed by atoms with Crippen LogP contribution in [0.25, 0.3) is 0 Å². The molecule has 0 aromatic heterocycles. The average Bonchev–Trinajstić information content (AvgIpc) is 1.16. The number of carboxylic acid groups (broad SMARTS) is 1. The van der Waals surface area contributed by atoms with Crippen LogP contribution in [0, 0.1) is 0 Å². The summed E-state index contributed by atoms with van der Waals surface area (Å²) in [6, 6.07) is 0. The number of allylic oxidation sites excluding steroid dienone is 34. The van der Waals surface area contributed by atoms with Crippen LogP contribution in [0.1, 0.15) is 309 Å². The van der Waals surface area contributed by atoms with Crippen LogP contribution in [-0.4, -0.2) is 87.4 Å². The van der Waals surface area contributed by atoms with E-state index >= 15 is 0 Å². The monoisotopic (exact) mass is 1420 g/mol. The number of ether oxygens (including phenoxy) is 4. The number of carboxylic acids is 1. The molecule has 0 rings (SSSR count). The lowest BCUT2D eigenvalue weighted by atomic mass is 10.0. The van der Waals surface area contributed by atoms with Crippen molar-refractivity contribution in [3.63, 3.8) is 0 Å². The van der Waals surface area contributed by atoms with Crippen LogP contribution < -0.4 is 0 Å². The quantitative estimate of drug-likeness (QED) is 0.0211. The van der Waals surface area contributed by atoms with Crippen molar-refractivity contribution in [3.05, 3.63) is 207 Å². The molecule has 0 saturated heterocycles. The Morgan fingerprint density at radius 3 is 0.777 bits per heavy atom. The maximum absolute atomic E-state index is 13.0. The fraction of sp³-hybridized carbons (Fsp3) is 0.606. The summed E-state index contributed by atoms with van der Waals surface area (Å²) >= 11 is 0. The Bertz CT molecular complexity index is 2460. The molecular weight excluding hydrogens is 1270 g/mol. The van der Waals surface area contributed by atoms with Crippen molar-refractivity contribution in [1.82, 2.24) is 0 Å². The molecule has 9 nitrogen and oxygen atoms in total. The molecule has 0 heterocycles. The van der Waals surface area contributed by atoms with Crippen LogP contribution in [0.4, 0.5) is 0 Å². The van der Waals surface area contributed by atoms with E-state index in [1.54, 1.807) is 0 Å². The van der Waals surface area contributed by atoms with Crippen LogP contribution in [-0.2, 0) is 33.3 Å². The summed E-state index contributed by atoms with van der Waals surface area (Å²) < 4.78 is 23.0. The van der Waals surface area contributed by atoms with Gasteiger partial charge in [0.15, 0.2) is 6.10 Å². The van der Waals surface area contributed by atoms with Crippen molar-refractivity contribution in [2.24, 2.45) is 0 Å². The lowest BCUT2D eigenvalue weighted by Crippen LogP contribution is -2.40. The van der Waals surface area contributed by atoms with Gasteiger partial charge in [-0.15, -0.1) is 0 Å². The number of esters is 2. The zero-order chi connectivity index (χ0) is 74.6. The first kappa shape index (κ1) is 96.9. The second-order valence-electron chi connectivity index (χ2n) is 28.0. The van der Waals surface area contributed by atoms with E-state index in [0.29, 0.717) is 23.9 Å². The fourth-order valence-corrected chi connectivity index (χ4v) is 10.8. The molecule has 2 atom stereocenters. The molecule has 0 aliphatic heterocycles. The second-order valence-corrected chi connectivity index (χ2v) is 28.0. The van der Waals surface area contributed by atoms with E-state index in [1.807, 2.05) is 21.1 Å². The SMILES string of the molecule is CC/C=C\C/C=C\C/C=C\C/C=C\C/C=C\C/C=C\C/C=C\C/C=C\C/C=C\CCCCCCCCCCCC(=O)OC(COC(=O)CCCCCCCCCCCCCCCCCC/C=C\C/C=C\C/C=C\C/C=C\C/C=C\C/C=C\C/C=C\C/C=C\CC)COC(OCC[N+](C)(C)C)C(=O)O. The van der Waals surface area contributed by atoms with E-state index in [1.165, 1.54) is 122 Å². The summed E-state index contributed by atoms with van der Waals surface area (Å²) in [7, 11) is 5.97. The third-order valence-corrected chi connectivity index (χ3v) is 17.0. The number of aliphatic carboxylic acids is 1. The molecule has 0 amide bonds. The standard InChI is InChI=1S/C94H151NO8/c1-6-8-10-12-14-16-18-20-22-24-26-28-30-32-34-36-38-40-42-44-45-46-47-49-50-52-54-56-58-60-62-64-66-68-70-72-74-76-78-80-82-84-91(96)101-88-90(89-102-94(93(98)99)100-87-86-95(3,4)5)103-92(97)85-83-81-79-77-75-73-71-69-67-65-63-61-59-57-55-53-51-48-43-41-39-37-35-33-31-29-27-25-23-21-19-17-15-13-11-9-7-2/h8-11,14-17,20-23,26-29,32-35,38-41,44-45,47-49,51,55,57,61,63,90,94H,6-7,12-13,18-19,24-25,30-31,36-37,42-43,46,50,52-54,56,58-60,62,64-89H2,1-5H3/p+1/b10-8-,11-9-,16-14-,17-15-,22-20-,23-21-,28-26-,29-27-,34-32-,35-33-,40-38-,41-39-,45-44-,49-47-,51-48-,57-55-,63-61-. The smallest absolute Gasteiger partial charge is 0.361 e. The molecule has 0 aliphatic carbocycles. The van der Waals surface area contributed by atoms with Crippen LogP contribution in [0.3, 0.4) is 0 Å². The van der Waals surface area contributed by atoms with Gasteiger partial charge in [-0.25, -0.2) is 4.79 Å². The molecule has 1 N–H and O–H groups in total. The minimum absolute atomic E-state index is 0.178. The molecule has 9 heteroatoms. The molecule has 0 saturated carbocycles. The predicted molar refractivity (Wildman–Crippen MR) is 446 cm³/mol. The Labute approximate surface area is 633 Å². The van der Waals surface area contributed by atoms with Gasteiger partial charge in [0.05, 0.1) is 34.4 Å². The molecule has 0 spiro atoms. The first-order valence-electron chi connectivity index (χ1n) is 41.2. The number of rotatable bonds is 74.